The number of ketones is 1. The van der Waals surface area contributed by atoms with Crippen molar-refractivity contribution in [2.75, 3.05) is 0 Å². The first kappa shape index (κ1) is 6.97. The Morgan fingerprint density at radius 3 is 3.00 bits per heavy atom. The summed E-state index contributed by atoms with van der Waals surface area (Å²) in [6, 6.07) is 0. The summed E-state index contributed by atoms with van der Waals surface area (Å²) >= 11 is 0. The predicted molar refractivity (Wildman–Crippen MR) is 42.6 cm³/mol. The average Bonchev–Trinajstić information content (AvgIpc) is 2.04. The molecule has 4 heteroatoms. The van der Waals surface area contributed by atoms with Gasteiger partial charge < -0.3 is 4.98 Å². The monoisotopic (exact) mass is 162 g/mol. The van der Waals surface area contributed by atoms with Gasteiger partial charge in [-0.25, -0.2) is 4.98 Å². The molecular formula is C8H6N2O2. The maximum atomic E-state index is 11.1. The number of nitrogens with zero attached hydrogens (tertiary/aromatic N) is 1. The number of carbonyl (C=O) groups excluding carboxylic acids is 1. The fourth-order valence-corrected chi connectivity index (χ4v) is 1.16. The molecule has 0 bridgehead atoms. The van der Waals surface area contributed by atoms with Crippen LogP contribution in [0.1, 0.15) is 11.3 Å². The SMILES string of the molecule is O=C1C=Cc2c(nc[nH]c2=O)C1. The van der Waals surface area contributed by atoms with Crippen molar-refractivity contribution in [2.24, 2.45) is 0 Å². The van der Waals surface area contributed by atoms with Crippen LogP contribution in [-0.4, -0.2) is 15.8 Å². The molecule has 1 aromatic rings. The van der Waals surface area contributed by atoms with E-state index in [9.17, 15) is 9.59 Å². The molecule has 0 aromatic carbocycles. The summed E-state index contributed by atoms with van der Waals surface area (Å²) < 4.78 is 0. The molecule has 0 amide bonds. The summed E-state index contributed by atoms with van der Waals surface area (Å²) in [5.41, 5.74) is 0.868. The van der Waals surface area contributed by atoms with E-state index < -0.39 is 0 Å². The molecule has 4 nitrogen and oxygen atoms in total. The molecular weight excluding hydrogens is 156 g/mol. The minimum absolute atomic E-state index is 0.0133. The van der Waals surface area contributed by atoms with Gasteiger partial charge in [-0.3, -0.25) is 9.59 Å². The van der Waals surface area contributed by atoms with Crippen LogP contribution in [0.15, 0.2) is 17.2 Å². The molecule has 2 rings (SSSR count). The van der Waals surface area contributed by atoms with E-state index in [0.717, 1.165) is 0 Å². The van der Waals surface area contributed by atoms with E-state index in [0.29, 0.717) is 11.3 Å². The second kappa shape index (κ2) is 2.41. The Labute approximate surface area is 68.0 Å². The number of H-pyrrole nitrogens is 1. The van der Waals surface area contributed by atoms with Gasteiger partial charge in [0.2, 0.25) is 0 Å². The molecule has 0 atom stereocenters. The average molecular weight is 162 g/mol. The number of fused-ring (bicyclic) bond motifs is 1. The first-order chi connectivity index (χ1) is 5.77. The third kappa shape index (κ3) is 0.972. The highest BCUT2D eigenvalue weighted by molar-refractivity contribution is 5.97. The highest BCUT2D eigenvalue weighted by Crippen LogP contribution is 2.08. The maximum absolute atomic E-state index is 11.1. The van der Waals surface area contributed by atoms with Gasteiger partial charge in [0.15, 0.2) is 5.78 Å². The normalized spacial score (nSPS) is 14.5. The lowest BCUT2D eigenvalue weighted by Crippen LogP contribution is -2.18. The van der Waals surface area contributed by atoms with Crippen LogP contribution in [0, 0.1) is 0 Å². The number of aromatic amines is 1. The van der Waals surface area contributed by atoms with Crippen molar-refractivity contribution < 1.29 is 4.79 Å². The second-order valence-corrected chi connectivity index (χ2v) is 2.57. The van der Waals surface area contributed by atoms with Crippen molar-refractivity contribution in [1.29, 1.82) is 0 Å². The Morgan fingerprint density at radius 2 is 2.17 bits per heavy atom. The Hall–Kier alpha value is -1.71. The third-order valence-corrected chi connectivity index (χ3v) is 1.75. The van der Waals surface area contributed by atoms with Crippen molar-refractivity contribution in [3.63, 3.8) is 0 Å². The predicted octanol–water partition coefficient (Wildman–Crippen LogP) is -0.0917. The minimum Gasteiger partial charge on any atom is -0.313 e. The lowest BCUT2D eigenvalue weighted by atomic mass is 10.0. The van der Waals surface area contributed by atoms with Crippen molar-refractivity contribution in [3.8, 4) is 0 Å². The van der Waals surface area contributed by atoms with E-state index in [1.165, 1.54) is 18.5 Å². The van der Waals surface area contributed by atoms with Crippen LogP contribution in [0.5, 0.6) is 0 Å². The number of nitrogens with one attached hydrogen (secondary N) is 1. The molecule has 1 aliphatic carbocycles. The van der Waals surface area contributed by atoms with E-state index >= 15 is 0 Å². The number of hydrogen-bond donors (Lipinski definition) is 1. The molecule has 0 saturated carbocycles. The number of carbonyl (C=O) groups is 1. The molecule has 1 heterocycles. The highest BCUT2D eigenvalue weighted by Gasteiger charge is 2.13. The van der Waals surface area contributed by atoms with Crippen LogP contribution in [0.2, 0.25) is 0 Å². The first-order valence-electron chi connectivity index (χ1n) is 3.55. The Balaban J connectivity index is 2.68. The molecule has 60 valence electrons. The van der Waals surface area contributed by atoms with Gasteiger partial charge in [0.05, 0.1) is 24.0 Å². The quantitative estimate of drug-likeness (QED) is 0.579. The largest absolute Gasteiger partial charge is 0.313 e. The van der Waals surface area contributed by atoms with E-state index in [1.54, 1.807) is 0 Å². The van der Waals surface area contributed by atoms with Crippen LogP contribution in [0.3, 0.4) is 0 Å². The van der Waals surface area contributed by atoms with E-state index in [-0.39, 0.29) is 17.8 Å². The van der Waals surface area contributed by atoms with Crippen LogP contribution < -0.4 is 5.56 Å². The summed E-state index contributed by atoms with van der Waals surface area (Å²) in [4.78, 5) is 28.4. The summed E-state index contributed by atoms with van der Waals surface area (Å²) in [5.74, 6) is -0.0133. The van der Waals surface area contributed by atoms with E-state index in [4.69, 9.17) is 0 Å². The zero-order valence-corrected chi connectivity index (χ0v) is 6.20. The fourth-order valence-electron chi connectivity index (χ4n) is 1.16. The van der Waals surface area contributed by atoms with Crippen molar-refractivity contribution in [1.82, 2.24) is 9.97 Å². The third-order valence-electron chi connectivity index (χ3n) is 1.75. The minimum atomic E-state index is -0.191. The maximum Gasteiger partial charge on any atom is 0.258 e. The topological polar surface area (TPSA) is 62.8 Å². The molecule has 1 aliphatic rings. The smallest absolute Gasteiger partial charge is 0.258 e. The van der Waals surface area contributed by atoms with Gasteiger partial charge in [-0.1, -0.05) is 0 Å². The fraction of sp³-hybridized carbons (Fsp3) is 0.125. The van der Waals surface area contributed by atoms with Gasteiger partial charge in [-0.2, -0.15) is 0 Å². The number of aromatic nitrogens is 2. The molecule has 0 aliphatic heterocycles. The summed E-state index contributed by atoms with van der Waals surface area (Å²) in [7, 11) is 0. The summed E-state index contributed by atoms with van der Waals surface area (Å²) in [5, 5.41) is 0. The lowest BCUT2D eigenvalue weighted by molar-refractivity contribution is -0.114. The number of rotatable bonds is 0. The molecule has 0 spiro atoms. The van der Waals surface area contributed by atoms with E-state index in [2.05, 4.69) is 9.97 Å². The van der Waals surface area contributed by atoms with Crippen LogP contribution >= 0.6 is 0 Å². The molecule has 0 saturated heterocycles. The number of hydrogen-bond acceptors (Lipinski definition) is 3. The van der Waals surface area contributed by atoms with Crippen molar-refractivity contribution >= 4 is 11.9 Å². The van der Waals surface area contributed by atoms with Gasteiger partial charge in [-0.05, 0) is 12.2 Å². The van der Waals surface area contributed by atoms with Crippen LogP contribution in [0.25, 0.3) is 6.08 Å². The molecule has 1 aromatic heterocycles. The van der Waals surface area contributed by atoms with Gasteiger partial charge in [0.25, 0.3) is 5.56 Å². The molecule has 0 radical (unpaired) electrons. The second-order valence-electron chi connectivity index (χ2n) is 2.57. The van der Waals surface area contributed by atoms with Crippen molar-refractivity contribution in [2.45, 2.75) is 6.42 Å². The molecule has 0 unspecified atom stereocenters. The van der Waals surface area contributed by atoms with Gasteiger partial charge in [0.1, 0.15) is 0 Å². The Morgan fingerprint density at radius 1 is 1.33 bits per heavy atom. The van der Waals surface area contributed by atoms with E-state index in [1.807, 2.05) is 0 Å². The van der Waals surface area contributed by atoms with Crippen LogP contribution in [-0.2, 0) is 11.2 Å². The summed E-state index contributed by atoms with van der Waals surface area (Å²) in [6.07, 6.45) is 4.45. The van der Waals surface area contributed by atoms with Gasteiger partial charge >= 0.3 is 0 Å². The summed E-state index contributed by atoms with van der Waals surface area (Å²) in [6.45, 7) is 0. The number of allylic oxidation sites excluding steroid dienone is 1. The standard InChI is InChI=1S/C8H6N2O2/c11-5-1-2-6-7(3-5)9-4-10-8(6)12/h1-2,4H,3H2,(H,9,10,12). The van der Waals surface area contributed by atoms with Gasteiger partial charge in [0, 0.05) is 0 Å². The Kier molecular flexibility index (Phi) is 1.40. The lowest BCUT2D eigenvalue weighted by Gasteiger charge is -2.05. The van der Waals surface area contributed by atoms with Crippen molar-refractivity contribution in [3.05, 3.63) is 34.0 Å². The molecule has 1 N–H and O–H groups in total. The van der Waals surface area contributed by atoms with Crippen LogP contribution in [0.4, 0.5) is 0 Å². The highest BCUT2D eigenvalue weighted by atomic mass is 16.1. The first-order valence-corrected chi connectivity index (χ1v) is 3.55. The zero-order valence-electron chi connectivity index (χ0n) is 6.20. The molecule has 12 heavy (non-hydrogen) atoms. The zero-order chi connectivity index (χ0) is 8.55. The molecule has 0 fully saturated rings. The Bertz CT molecular complexity index is 417. The van der Waals surface area contributed by atoms with Gasteiger partial charge in [-0.15, -0.1) is 0 Å².